The van der Waals surface area contributed by atoms with Gasteiger partial charge in [-0.1, -0.05) is 26.8 Å². The van der Waals surface area contributed by atoms with E-state index < -0.39 is 0 Å². The highest BCUT2D eigenvalue weighted by molar-refractivity contribution is 5.78. The molecule has 4 saturated heterocycles. The molecular formula is C22H30N2O3. The van der Waals surface area contributed by atoms with E-state index in [0.717, 1.165) is 18.0 Å². The number of hydrogen-bond donors (Lipinski definition) is 0. The lowest BCUT2D eigenvalue weighted by atomic mass is 9.75. The number of amides is 1. The van der Waals surface area contributed by atoms with Gasteiger partial charge >= 0.3 is 0 Å². The summed E-state index contributed by atoms with van der Waals surface area (Å²) >= 11 is 0. The Hall–Kier alpha value is -1.75. The molecule has 0 spiro atoms. The number of carbonyl (C=O) groups is 1. The highest BCUT2D eigenvalue weighted by Gasteiger charge is 2.54. The predicted molar refractivity (Wildman–Crippen MR) is 103 cm³/mol. The van der Waals surface area contributed by atoms with E-state index in [4.69, 9.17) is 9.47 Å². The zero-order valence-corrected chi connectivity index (χ0v) is 16.6. The van der Waals surface area contributed by atoms with Crippen molar-refractivity contribution in [3.8, 4) is 11.5 Å². The van der Waals surface area contributed by atoms with E-state index in [1.807, 2.05) is 6.07 Å². The molecule has 146 valence electrons. The minimum absolute atomic E-state index is 0.0252. The van der Waals surface area contributed by atoms with Gasteiger partial charge in [0.25, 0.3) is 0 Å². The van der Waals surface area contributed by atoms with Crippen LogP contribution in [0.25, 0.3) is 0 Å². The monoisotopic (exact) mass is 370 g/mol. The predicted octanol–water partition coefficient (Wildman–Crippen LogP) is 3.24. The molecule has 0 saturated carbocycles. The number of rotatable bonds is 2. The van der Waals surface area contributed by atoms with Gasteiger partial charge in [0.05, 0.1) is 6.04 Å². The Labute approximate surface area is 161 Å². The van der Waals surface area contributed by atoms with Crippen LogP contribution in [-0.2, 0) is 4.79 Å². The molecule has 1 amide bonds. The Morgan fingerprint density at radius 3 is 2.59 bits per heavy atom. The summed E-state index contributed by atoms with van der Waals surface area (Å²) in [5.74, 6) is 3.02. The molecule has 1 aromatic rings. The number of benzene rings is 1. The maximum atomic E-state index is 13.2. The van der Waals surface area contributed by atoms with Gasteiger partial charge in [0, 0.05) is 24.9 Å². The summed E-state index contributed by atoms with van der Waals surface area (Å²) < 4.78 is 11.1. The third-order valence-corrected chi connectivity index (χ3v) is 6.82. The molecule has 1 aromatic carbocycles. The third kappa shape index (κ3) is 2.91. The van der Waals surface area contributed by atoms with Crippen LogP contribution in [0, 0.1) is 11.3 Å². The second-order valence-electron chi connectivity index (χ2n) is 9.86. The maximum Gasteiger partial charge on any atom is 0.231 e. The van der Waals surface area contributed by atoms with E-state index in [0.29, 0.717) is 43.0 Å². The lowest BCUT2D eigenvalue weighted by Gasteiger charge is -2.51. The summed E-state index contributed by atoms with van der Waals surface area (Å²) in [6.07, 6.45) is 3.08. The Morgan fingerprint density at radius 2 is 1.85 bits per heavy atom. The zero-order chi connectivity index (χ0) is 18.8. The molecule has 27 heavy (non-hydrogen) atoms. The molecule has 0 unspecified atom stereocenters. The van der Waals surface area contributed by atoms with Crippen LogP contribution in [0.4, 0.5) is 0 Å². The molecule has 5 heteroatoms. The quantitative estimate of drug-likeness (QED) is 0.802. The first-order valence-corrected chi connectivity index (χ1v) is 10.3. The number of fused-ring (bicyclic) bond motifs is 3. The molecule has 3 atom stereocenters. The average Bonchev–Trinajstić information content (AvgIpc) is 3.26. The van der Waals surface area contributed by atoms with E-state index in [2.05, 4.69) is 42.7 Å². The van der Waals surface area contributed by atoms with Crippen molar-refractivity contribution in [3.05, 3.63) is 23.8 Å². The molecule has 5 aliphatic rings. The lowest BCUT2D eigenvalue weighted by molar-refractivity contribution is -0.137. The average molecular weight is 370 g/mol. The number of hydrogen-bond acceptors (Lipinski definition) is 4. The summed E-state index contributed by atoms with van der Waals surface area (Å²) in [5, 5.41) is 0. The van der Waals surface area contributed by atoms with Crippen LogP contribution in [0.15, 0.2) is 18.2 Å². The molecule has 2 bridgehead atoms. The Bertz CT molecular complexity index is 748. The summed E-state index contributed by atoms with van der Waals surface area (Å²) in [7, 11) is 0. The molecule has 0 aromatic heterocycles. The van der Waals surface area contributed by atoms with Crippen LogP contribution in [0.1, 0.15) is 51.5 Å². The van der Waals surface area contributed by atoms with Crippen LogP contribution in [-0.4, -0.2) is 54.2 Å². The third-order valence-electron chi connectivity index (χ3n) is 6.82. The zero-order valence-electron chi connectivity index (χ0n) is 16.6. The van der Waals surface area contributed by atoms with Crippen LogP contribution in [0.5, 0.6) is 11.5 Å². The van der Waals surface area contributed by atoms with Gasteiger partial charge in [0.15, 0.2) is 11.5 Å². The van der Waals surface area contributed by atoms with Gasteiger partial charge in [-0.15, -0.1) is 0 Å². The second-order valence-corrected chi connectivity index (χ2v) is 9.86. The number of ether oxygens (including phenoxy) is 2. The number of piperidine rings is 3. The highest BCUT2D eigenvalue weighted by atomic mass is 16.7. The molecule has 5 heterocycles. The number of carbonyl (C=O) groups excluding carboxylic acids is 1. The van der Waals surface area contributed by atoms with Gasteiger partial charge in [-0.3, -0.25) is 9.69 Å². The van der Waals surface area contributed by atoms with Crippen molar-refractivity contribution < 1.29 is 14.3 Å². The molecule has 0 radical (unpaired) electrons. The van der Waals surface area contributed by atoms with Crippen molar-refractivity contribution in [2.45, 2.75) is 58.0 Å². The molecule has 0 aliphatic carbocycles. The van der Waals surface area contributed by atoms with Crippen LogP contribution < -0.4 is 9.47 Å². The van der Waals surface area contributed by atoms with E-state index >= 15 is 0 Å². The Morgan fingerprint density at radius 1 is 1.11 bits per heavy atom. The van der Waals surface area contributed by atoms with Gasteiger partial charge in [-0.25, -0.2) is 0 Å². The summed E-state index contributed by atoms with van der Waals surface area (Å²) in [6.45, 7) is 9.96. The van der Waals surface area contributed by atoms with E-state index in [1.165, 1.54) is 31.5 Å². The standard InChI is InChI=1S/C22H30N2O3/c1-22(2,3)11-19(25)24-12-16(15-4-5-17-18(10-15)27-13-26-17)21-20(24)14-6-8-23(21)9-7-14/h4-5,10,14,16,20-21H,6-9,11-13H2,1-3H3/t16-,20+,21+/m0/s1. The van der Waals surface area contributed by atoms with Crippen molar-refractivity contribution in [1.29, 1.82) is 0 Å². The lowest BCUT2D eigenvalue weighted by Crippen LogP contribution is -2.60. The molecule has 5 aliphatic heterocycles. The Balaban J connectivity index is 1.48. The summed E-state index contributed by atoms with van der Waals surface area (Å²) in [6, 6.07) is 7.17. The van der Waals surface area contributed by atoms with Gasteiger partial charge in [0.2, 0.25) is 12.7 Å². The van der Waals surface area contributed by atoms with E-state index in [9.17, 15) is 4.79 Å². The fourth-order valence-corrected chi connectivity index (χ4v) is 5.70. The maximum absolute atomic E-state index is 13.2. The van der Waals surface area contributed by atoms with Crippen molar-refractivity contribution in [1.82, 2.24) is 9.80 Å². The molecule has 6 rings (SSSR count). The van der Waals surface area contributed by atoms with Crippen molar-refractivity contribution in [3.63, 3.8) is 0 Å². The number of likely N-dealkylation sites (tertiary alicyclic amines) is 1. The first-order valence-electron chi connectivity index (χ1n) is 10.3. The first kappa shape index (κ1) is 17.4. The van der Waals surface area contributed by atoms with Gasteiger partial charge in [-0.2, -0.15) is 0 Å². The minimum atomic E-state index is 0.0252. The highest BCUT2D eigenvalue weighted by Crippen LogP contribution is 2.48. The largest absolute Gasteiger partial charge is 0.454 e. The summed E-state index contributed by atoms with van der Waals surface area (Å²) in [5.41, 5.74) is 1.31. The van der Waals surface area contributed by atoms with Crippen molar-refractivity contribution in [2.75, 3.05) is 26.4 Å². The minimum Gasteiger partial charge on any atom is -0.454 e. The van der Waals surface area contributed by atoms with E-state index in [-0.39, 0.29) is 5.41 Å². The van der Waals surface area contributed by atoms with Crippen LogP contribution >= 0.6 is 0 Å². The van der Waals surface area contributed by atoms with E-state index in [1.54, 1.807) is 0 Å². The van der Waals surface area contributed by atoms with Crippen molar-refractivity contribution in [2.24, 2.45) is 11.3 Å². The fraction of sp³-hybridized carbons (Fsp3) is 0.682. The SMILES string of the molecule is CC(C)(C)CC(=O)N1C[C@@H](c2ccc3c(c2)OCO3)[C@@H]2[C@H]1C1CCN2CC1. The van der Waals surface area contributed by atoms with Gasteiger partial charge < -0.3 is 14.4 Å². The normalized spacial score (nSPS) is 34.0. The fourth-order valence-electron chi connectivity index (χ4n) is 5.70. The first-order chi connectivity index (χ1) is 12.9. The van der Waals surface area contributed by atoms with Gasteiger partial charge in [-0.05, 0) is 55.0 Å². The smallest absolute Gasteiger partial charge is 0.231 e. The topological polar surface area (TPSA) is 42.0 Å². The number of nitrogens with zero attached hydrogens (tertiary/aromatic N) is 2. The summed E-state index contributed by atoms with van der Waals surface area (Å²) in [4.78, 5) is 18.1. The molecule has 5 nitrogen and oxygen atoms in total. The van der Waals surface area contributed by atoms with Gasteiger partial charge in [0.1, 0.15) is 0 Å². The second kappa shape index (κ2) is 6.13. The molecular weight excluding hydrogens is 340 g/mol. The van der Waals surface area contributed by atoms with Crippen molar-refractivity contribution >= 4 is 5.91 Å². The Kier molecular flexibility index (Phi) is 3.94. The molecule has 0 N–H and O–H groups in total. The van der Waals surface area contributed by atoms with Crippen LogP contribution in [0.3, 0.4) is 0 Å². The van der Waals surface area contributed by atoms with Crippen LogP contribution in [0.2, 0.25) is 0 Å². The molecule has 4 fully saturated rings.